The number of amides is 1. The van der Waals surface area contributed by atoms with Crippen molar-refractivity contribution in [3.8, 4) is 0 Å². The van der Waals surface area contributed by atoms with Crippen LogP contribution in [0.2, 0.25) is 0 Å². The topological polar surface area (TPSA) is 100 Å². The number of hydrogen-bond donors (Lipinski definition) is 3. The minimum absolute atomic E-state index is 0.0903. The first-order valence-corrected chi connectivity index (χ1v) is 11.9. The van der Waals surface area contributed by atoms with Crippen LogP contribution >= 0.6 is 11.5 Å². The molecule has 0 bridgehead atoms. The third-order valence-corrected chi connectivity index (χ3v) is 6.47. The number of benzene rings is 2. The van der Waals surface area contributed by atoms with Crippen molar-refractivity contribution in [3.63, 3.8) is 0 Å². The molecule has 0 atom stereocenters. The molecule has 0 spiro atoms. The molecule has 0 radical (unpaired) electrons. The van der Waals surface area contributed by atoms with Gasteiger partial charge in [0, 0.05) is 29.7 Å². The van der Waals surface area contributed by atoms with Crippen LogP contribution in [0.3, 0.4) is 0 Å². The number of fused-ring (bicyclic) bond motifs is 1. The molecular formula is C20H24N4O3S2. The van der Waals surface area contributed by atoms with Gasteiger partial charge in [-0.15, -0.1) is 0 Å². The first-order valence-electron chi connectivity index (χ1n) is 9.45. The van der Waals surface area contributed by atoms with Gasteiger partial charge in [0.25, 0.3) is 5.91 Å². The number of carbonyl (C=O) groups is 1. The van der Waals surface area contributed by atoms with E-state index in [0.717, 1.165) is 22.3 Å². The van der Waals surface area contributed by atoms with Crippen LogP contribution in [0.25, 0.3) is 10.1 Å². The second-order valence-electron chi connectivity index (χ2n) is 6.56. The van der Waals surface area contributed by atoms with Crippen molar-refractivity contribution >= 4 is 49.1 Å². The molecule has 29 heavy (non-hydrogen) atoms. The van der Waals surface area contributed by atoms with Gasteiger partial charge in [0.2, 0.25) is 10.0 Å². The van der Waals surface area contributed by atoms with Gasteiger partial charge >= 0.3 is 0 Å². The van der Waals surface area contributed by atoms with Crippen LogP contribution in [0.4, 0.5) is 11.5 Å². The number of sulfonamides is 1. The molecule has 2 aromatic carbocycles. The third kappa shape index (κ3) is 5.91. The van der Waals surface area contributed by atoms with E-state index in [1.807, 2.05) is 31.2 Å². The Hall–Kier alpha value is -2.65. The summed E-state index contributed by atoms with van der Waals surface area (Å²) in [4.78, 5) is 12.3. The van der Waals surface area contributed by atoms with E-state index in [1.165, 1.54) is 11.5 Å². The van der Waals surface area contributed by atoms with Gasteiger partial charge in [-0.3, -0.25) is 9.52 Å². The van der Waals surface area contributed by atoms with Gasteiger partial charge in [0.1, 0.15) is 5.82 Å². The minimum Gasteiger partial charge on any atom is -0.367 e. The number of hydrogen-bond acceptors (Lipinski definition) is 6. The number of unbranched alkanes of at least 4 members (excludes halogenated alkanes) is 1. The molecular weight excluding hydrogens is 408 g/mol. The minimum atomic E-state index is -3.35. The van der Waals surface area contributed by atoms with Crippen LogP contribution in [0.5, 0.6) is 0 Å². The lowest BCUT2D eigenvalue weighted by Crippen LogP contribution is -2.28. The maximum absolute atomic E-state index is 12.3. The van der Waals surface area contributed by atoms with E-state index in [9.17, 15) is 13.2 Å². The second kappa shape index (κ2) is 9.71. The van der Waals surface area contributed by atoms with Crippen LogP contribution in [-0.4, -0.2) is 37.5 Å². The monoisotopic (exact) mass is 432 g/mol. The van der Waals surface area contributed by atoms with E-state index in [4.69, 9.17) is 0 Å². The van der Waals surface area contributed by atoms with Crippen LogP contribution in [0.1, 0.15) is 30.1 Å². The van der Waals surface area contributed by atoms with Crippen LogP contribution in [0, 0.1) is 0 Å². The zero-order valence-corrected chi connectivity index (χ0v) is 17.8. The summed E-state index contributed by atoms with van der Waals surface area (Å²) in [6.45, 7) is 2.93. The Kier molecular flexibility index (Phi) is 7.05. The smallest absolute Gasteiger partial charge is 0.251 e. The fraction of sp³-hybridized carbons (Fsp3) is 0.300. The average molecular weight is 433 g/mol. The molecule has 1 aromatic heterocycles. The molecule has 7 nitrogen and oxygen atoms in total. The summed E-state index contributed by atoms with van der Waals surface area (Å²) < 4.78 is 31.9. The maximum Gasteiger partial charge on any atom is 0.251 e. The van der Waals surface area contributed by atoms with Gasteiger partial charge in [0.15, 0.2) is 0 Å². The Morgan fingerprint density at radius 2 is 1.83 bits per heavy atom. The van der Waals surface area contributed by atoms with Crippen molar-refractivity contribution in [2.75, 3.05) is 28.9 Å². The van der Waals surface area contributed by atoms with Gasteiger partial charge in [-0.2, -0.15) is 4.37 Å². The SMILES string of the molecule is CCCCS(=O)(=O)Nc1ccc(C(=O)NCCNc2nsc3ccccc23)cc1. The number of nitrogens with zero attached hydrogens (tertiary/aromatic N) is 1. The van der Waals surface area contributed by atoms with Gasteiger partial charge in [-0.05, 0) is 54.4 Å². The molecule has 0 saturated heterocycles. The summed E-state index contributed by atoms with van der Waals surface area (Å²) in [6.07, 6.45) is 1.42. The Morgan fingerprint density at radius 3 is 2.59 bits per heavy atom. The van der Waals surface area contributed by atoms with E-state index in [0.29, 0.717) is 30.8 Å². The molecule has 3 aromatic rings. The third-order valence-electron chi connectivity index (χ3n) is 4.27. The fourth-order valence-electron chi connectivity index (χ4n) is 2.73. The molecule has 0 aliphatic carbocycles. The molecule has 3 N–H and O–H groups in total. The van der Waals surface area contributed by atoms with Crippen LogP contribution in [0.15, 0.2) is 48.5 Å². The van der Waals surface area contributed by atoms with Gasteiger partial charge in [-0.1, -0.05) is 25.5 Å². The van der Waals surface area contributed by atoms with E-state index in [-0.39, 0.29) is 11.7 Å². The normalized spacial score (nSPS) is 11.3. The zero-order valence-electron chi connectivity index (χ0n) is 16.1. The van der Waals surface area contributed by atoms with Crippen molar-refractivity contribution in [2.24, 2.45) is 0 Å². The highest BCUT2D eigenvalue weighted by molar-refractivity contribution is 7.92. The molecule has 3 rings (SSSR count). The average Bonchev–Trinajstić information content (AvgIpc) is 3.13. The van der Waals surface area contributed by atoms with Crippen molar-refractivity contribution < 1.29 is 13.2 Å². The first kappa shape index (κ1) is 21.1. The number of anilines is 2. The molecule has 0 aliphatic rings. The van der Waals surface area contributed by atoms with E-state index >= 15 is 0 Å². The molecule has 1 heterocycles. The van der Waals surface area contributed by atoms with Crippen LogP contribution < -0.4 is 15.4 Å². The lowest BCUT2D eigenvalue weighted by molar-refractivity contribution is 0.0955. The Labute approximate surface area is 174 Å². The Balaban J connectivity index is 1.47. The number of nitrogens with one attached hydrogen (secondary N) is 3. The summed E-state index contributed by atoms with van der Waals surface area (Å²) in [5.41, 5.74) is 0.926. The molecule has 0 saturated carbocycles. The fourth-order valence-corrected chi connectivity index (χ4v) is 4.75. The lowest BCUT2D eigenvalue weighted by atomic mass is 10.2. The highest BCUT2D eigenvalue weighted by atomic mass is 32.2. The molecule has 9 heteroatoms. The largest absolute Gasteiger partial charge is 0.367 e. The van der Waals surface area contributed by atoms with Gasteiger partial charge in [-0.25, -0.2) is 8.42 Å². The quantitative estimate of drug-likeness (QED) is 0.424. The van der Waals surface area contributed by atoms with Crippen molar-refractivity contribution in [3.05, 3.63) is 54.1 Å². The predicted octanol–water partition coefficient (Wildman–Crippen LogP) is 3.68. The summed E-state index contributed by atoms with van der Waals surface area (Å²) in [7, 11) is -3.35. The molecule has 0 aliphatic heterocycles. The molecule has 154 valence electrons. The standard InChI is InChI=1S/C20H24N4O3S2/c1-2-3-14-29(26,27)24-16-10-8-15(9-11-16)20(25)22-13-12-21-19-17-6-4-5-7-18(17)28-23-19/h4-11,24H,2-3,12-14H2,1H3,(H,21,23)(H,22,25). The summed E-state index contributed by atoms with van der Waals surface area (Å²) in [5.74, 6) is 0.697. The summed E-state index contributed by atoms with van der Waals surface area (Å²) >= 11 is 1.44. The van der Waals surface area contributed by atoms with Crippen molar-refractivity contribution in [1.82, 2.24) is 9.69 Å². The van der Waals surface area contributed by atoms with Crippen molar-refractivity contribution in [1.29, 1.82) is 0 Å². The maximum atomic E-state index is 12.3. The number of rotatable bonds is 10. The Bertz CT molecular complexity index is 1060. The van der Waals surface area contributed by atoms with E-state index in [2.05, 4.69) is 19.7 Å². The predicted molar refractivity (Wildman–Crippen MR) is 119 cm³/mol. The molecule has 1 amide bonds. The second-order valence-corrected chi connectivity index (χ2v) is 9.21. The number of aromatic nitrogens is 1. The van der Waals surface area contributed by atoms with Gasteiger partial charge in [0.05, 0.1) is 10.5 Å². The molecule has 0 fully saturated rings. The van der Waals surface area contributed by atoms with Crippen LogP contribution in [-0.2, 0) is 10.0 Å². The Morgan fingerprint density at radius 1 is 1.07 bits per heavy atom. The zero-order chi connectivity index (χ0) is 20.7. The summed E-state index contributed by atoms with van der Waals surface area (Å²) in [6, 6.07) is 14.4. The summed E-state index contributed by atoms with van der Waals surface area (Å²) in [5, 5.41) is 7.14. The first-order chi connectivity index (χ1) is 14.0. The van der Waals surface area contributed by atoms with E-state index < -0.39 is 10.0 Å². The highest BCUT2D eigenvalue weighted by Gasteiger charge is 2.11. The highest BCUT2D eigenvalue weighted by Crippen LogP contribution is 2.25. The van der Waals surface area contributed by atoms with Crippen molar-refractivity contribution in [2.45, 2.75) is 19.8 Å². The molecule has 0 unspecified atom stereocenters. The lowest BCUT2D eigenvalue weighted by Gasteiger charge is -2.09. The number of carbonyl (C=O) groups excluding carboxylic acids is 1. The van der Waals surface area contributed by atoms with E-state index in [1.54, 1.807) is 24.3 Å². The van der Waals surface area contributed by atoms with Gasteiger partial charge < -0.3 is 10.6 Å².